The van der Waals surface area contributed by atoms with Gasteiger partial charge in [0, 0.05) is 51.6 Å². The molecule has 0 aromatic heterocycles. The molecule has 16 heteroatoms. The molecule has 0 aliphatic carbocycles. The van der Waals surface area contributed by atoms with Crippen LogP contribution < -0.4 is 31.5 Å². The number of likely N-dealkylation sites (tertiary alicyclic amines) is 1. The summed E-state index contributed by atoms with van der Waals surface area (Å²) in [7, 11) is 3.30. The van der Waals surface area contributed by atoms with Crippen LogP contribution in [0, 0.1) is 10.1 Å². The third kappa shape index (κ3) is 9.82. The Balaban J connectivity index is 1.59. The molecule has 1 fully saturated rings. The molecule has 1 saturated heterocycles. The molecule has 4 atom stereocenters. The van der Waals surface area contributed by atoms with Crippen LogP contribution in [0.15, 0.2) is 47.6 Å². The Hall–Kier alpha value is -4.38. The number of hydrogen-bond donors (Lipinski definition) is 4. The molecule has 264 valence electrons. The third-order valence-electron chi connectivity index (χ3n) is 8.71. The Morgan fingerprint density at radius 2 is 2.00 bits per heavy atom. The summed E-state index contributed by atoms with van der Waals surface area (Å²) >= 11 is 0. The van der Waals surface area contributed by atoms with Gasteiger partial charge in [0.1, 0.15) is 24.2 Å². The lowest BCUT2D eigenvalue weighted by Crippen LogP contribution is -2.54. The van der Waals surface area contributed by atoms with Crippen LogP contribution in [0.5, 0.6) is 11.5 Å². The number of piperidine rings is 1. The number of nitrogens with one attached hydrogen (secondary N) is 1. The molecule has 2 aliphatic heterocycles. The van der Waals surface area contributed by atoms with Crippen LogP contribution in [-0.4, -0.2) is 98.8 Å². The average molecular weight is 674 g/mol. The quantitative estimate of drug-likeness (QED) is 0.0471. The number of amides is 1. The lowest BCUT2D eigenvalue weighted by atomic mass is 9.81. The number of hydrazine groups is 1. The number of ether oxygens (including phenoxy) is 4. The number of anilines is 1. The van der Waals surface area contributed by atoms with E-state index in [1.807, 2.05) is 36.4 Å². The van der Waals surface area contributed by atoms with E-state index in [0.717, 1.165) is 42.1 Å². The molecular formula is C32H47N7O9. The highest BCUT2D eigenvalue weighted by Crippen LogP contribution is 2.38. The van der Waals surface area contributed by atoms with Crippen molar-refractivity contribution in [3.63, 3.8) is 0 Å². The van der Waals surface area contributed by atoms with Gasteiger partial charge in [0.2, 0.25) is 5.91 Å². The summed E-state index contributed by atoms with van der Waals surface area (Å²) in [5, 5.41) is 24.2. The zero-order valence-corrected chi connectivity index (χ0v) is 27.5. The molecule has 1 amide bonds. The summed E-state index contributed by atoms with van der Waals surface area (Å²) in [4.78, 5) is 32.6. The number of aliphatic hydroxyl groups is 1. The second kappa shape index (κ2) is 18.2. The van der Waals surface area contributed by atoms with Gasteiger partial charge in [-0.25, -0.2) is 5.84 Å². The van der Waals surface area contributed by atoms with E-state index in [9.17, 15) is 20.0 Å². The molecule has 2 heterocycles. The van der Waals surface area contributed by atoms with Crippen molar-refractivity contribution in [3.8, 4) is 11.5 Å². The maximum Gasteiger partial charge on any atom is 0.294 e. The highest BCUT2D eigenvalue weighted by atomic mass is 16.9. The van der Waals surface area contributed by atoms with Gasteiger partial charge >= 0.3 is 0 Å². The van der Waals surface area contributed by atoms with Gasteiger partial charge in [0.25, 0.3) is 5.09 Å². The van der Waals surface area contributed by atoms with Crippen molar-refractivity contribution < 1.29 is 38.8 Å². The first-order valence-electron chi connectivity index (χ1n) is 16.0. The Labute approximate surface area is 279 Å². The maximum absolute atomic E-state index is 13.6. The van der Waals surface area contributed by atoms with E-state index in [0.29, 0.717) is 25.4 Å². The number of carbonyl (C=O) groups is 1. The normalized spacial score (nSPS) is 20.0. The molecule has 2 aromatic carbocycles. The third-order valence-corrected chi connectivity index (χ3v) is 8.71. The van der Waals surface area contributed by atoms with Crippen LogP contribution in [0.2, 0.25) is 0 Å². The van der Waals surface area contributed by atoms with Gasteiger partial charge in [0.15, 0.2) is 5.84 Å². The van der Waals surface area contributed by atoms with Crippen molar-refractivity contribution in [1.29, 1.82) is 0 Å². The van der Waals surface area contributed by atoms with Gasteiger partial charge in [-0.15, -0.1) is 10.1 Å². The van der Waals surface area contributed by atoms with Gasteiger partial charge in [-0.3, -0.25) is 4.79 Å². The standard InChI is InChI=1S/C32H47N7O9/c1-44-14-4-12-37-13-16-46-29-11-6-22(17-27(29)37)21-47-30-20-38(31(41)5-3-15-48-39(42)43)24(19-28(40)32(35-33)36-34)18-26(30)23-7-9-25(45-2)10-8-23/h6-11,17,24,26,28,30,40H,3-5,12-16,18-21,33-34H2,1-2H3,(H,35,36). The number of fused-ring (bicyclic) bond motifs is 1. The molecular weight excluding hydrogens is 626 g/mol. The zero-order valence-electron chi connectivity index (χ0n) is 27.5. The molecule has 0 spiro atoms. The smallest absolute Gasteiger partial charge is 0.294 e. The number of benzene rings is 2. The first-order chi connectivity index (χ1) is 23.3. The molecule has 4 rings (SSSR count). The van der Waals surface area contributed by atoms with E-state index in [1.54, 1.807) is 19.1 Å². The van der Waals surface area contributed by atoms with Gasteiger partial charge in [-0.2, -0.15) is 5.10 Å². The van der Waals surface area contributed by atoms with Gasteiger partial charge in [-0.1, -0.05) is 18.2 Å². The van der Waals surface area contributed by atoms with Gasteiger partial charge < -0.3 is 50.0 Å². The topological polar surface area (TPSA) is 210 Å². The molecule has 4 unspecified atom stereocenters. The molecule has 6 N–H and O–H groups in total. The molecule has 2 aliphatic rings. The maximum atomic E-state index is 13.6. The molecule has 16 nitrogen and oxygen atoms in total. The minimum absolute atomic E-state index is 0.0110. The molecule has 0 bridgehead atoms. The lowest BCUT2D eigenvalue weighted by Gasteiger charge is -2.45. The fourth-order valence-corrected chi connectivity index (χ4v) is 6.28. The van der Waals surface area contributed by atoms with Crippen LogP contribution in [0.1, 0.15) is 49.1 Å². The van der Waals surface area contributed by atoms with Crippen molar-refractivity contribution in [2.75, 3.05) is 58.6 Å². The second-order valence-electron chi connectivity index (χ2n) is 11.7. The second-order valence-corrected chi connectivity index (χ2v) is 11.7. The average Bonchev–Trinajstić information content (AvgIpc) is 3.10. The minimum Gasteiger partial charge on any atom is -0.497 e. The highest BCUT2D eigenvalue weighted by Gasteiger charge is 2.40. The summed E-state index contributed by atoms with van der Waals surface area (Å²) in [6.07, 6.45) is -0.00382. The minimum atomic E-state index is -1.17. The van der Waals surface area contributed by atoms with Gasteiger partial charge in [-0.05, 0) is 54.7 Å². The summed E-state index contributed by atoms with van der Waals surface area (Å²) in [5.41, 5.74) is 5.25. The highest BCUT2D eigenvalue weighted by molar-refractivity contribution is 5.85. The van der Waals surface area contributed by atoms with E-state index in [-0.39, 0.29) is 56.7 Å². The van der Waals surface area contributed by atoms with E-state index >= 15 is 0 Å². The first kappa shape index (κ1) is 36.5. The van der Waals surface area contributed by atoms with Crippen molar-refractivity contribution >= 4 is 17.4 Å². The van der Waals surface area contributed by atoms with Crippen molar-refractivity contribution in [2.45, 2.75) is 62.9 Å². The number of amidine groups is 1. The number of aliphatic hydroxyl groups excluding tert-OH is 1. The summed E-state index contributed by atoms with van der Waals surface area (Å²) in [5.74, 6) is 12.0. The number of nitrogens with zero attached hydrogens (tertiary/aromatic N) is 4. The van der Waals surface area contributed by atoms with Crippen molar-refractivity contribution in [2.24, 2.45) is 16.8 Å². The summed E-state index contributed by atoms with van der Waals surface area (Å²) in [6.45, 7) is 3.18. The number of carbonyl (C=O) groups excluding carboxylic acids is 1. The predicted molar refractivity (Wildman–Crippen MR) is 177 cm³/mol. The van der Waals surface area contributed by atoms with Crippen molar-refractivity contribution in [3.05, 3.63) is 63.7 Å². The Morgan fingerprint density at radius 3 is 2.69 bits per heavy atom. The van der Waals surface area contributed by atoms with Crippen LogP contribution in [-0.2, 0) is 25.7 Å². The van der Waals surface area contributed by atoms with E-state index < -0.39 is 23.3 Å². The van der Waals surface area contributed by atoms with Gasteiger partial charge in [0.05, 0.1) is 38.7 Å². The number of methoxy groups -OCH3 is 2. The lowest BCUT2D eigenvalue weighted by molar-refractivity contribution is -0.757. The molecule has 48 heavy (non-hydrogen) atoms. The number of hydrogen-bond acceptors (Lipinski definition) is 13. The van der Waals surface area contributed by atoms with Crippen LogP contribution in [0.3, 0.4) is 0 Å². The first-order valence-corrected chi connectivity index (χ1v) is 16.0. The molecule has 0 radical (unpaired) electrons. The van der Waals surface area contributed by atoms with Crippen molar-refractivity contribution in [1.82, 2.24) is 10.3 Å². The molecule has 2 aromatic rings. The number of nitrogens with two attached hydrogens (primary N) is 2. The van der Waals surface area contributed by atoms with E-state index in [1.165, 1.54) is 0 Å². The fraction of sp³-hybridized carbons (Fsp3) is 0.562. The predicted octanol–water partition coefficient (Wildman–Crippen LogP) is 1.68. The van der Waals surface area contributed by atoms with Crippen LogP contribution >= 0.6 is 0 Å². The Bertz CT molecular complexity index is 1360. The van der Waals surface area contributed by atoms with Crippen LogP contribution in [0.25, 0.3) is 0 Å². The fourth-order valence-electron chi connectivity index (χ4n) is 6.28. The zero-order chi connectivity index (χ0) is 34.5. The summed E-state index contributed by atoms with van der Waals surface area (Å²) < 4.78 is 23.2. The SMILES string of the molecule is COCCCN1CCOc2ccc(COC3CN(C(=O)CCCO[N+](=O)[O-])C(CC(O)/C(=N/N)NN)CC3c3ccc(OC)cc3)cc21. The monoisotopic (exact) mass is 673 g/mol. The molecule has 0 saturated carbocycles. The Morgan fingerprint density at radius 1 is 1.21 bits per heavy atom. The van der Waals surface area contributed by atoms with Crippen LogP contribution in [0.4, 0.5) is 5.69 Å². The summed E-state index contributed by atoms with van der Waals surface area (Å²) in [6, 6.07) is 13.3. The van der Waals surface area contributed by atoms with E-state index in [4.69, 9.17) is 30.6 Å². The Kier molecular flexibility index (Phi) is 13.9. The number of rotatable bonds is 17. The van der Waals surface area contributed by atoms with E-state index in [2.05, 4.69) is 26.3 Å². The number of hydrazone groups is 1. The largest absolute Gasteiger partial charge is 0.497 e.